The molecule has 0 unspecified atom stereocenters. The number of nitrogens with one attached hydrogen (secondary N) is 1. The quantitative estimate of drug-likeness (QED) is 0.196. The van der Waals surface area contributed by atoms with Gasteiger partial charge in [0.2, 0.25) is 0 Å². The maximum absolute atomic E-state index is 3.54. The maximum Gasteiger partial charge on any atom is 0.169 e. The summed E-state index contributed by atoms with van der Waals surface area (Å²) in [5.74, 6) is 0. The van der Waals surface area contributed by atoms with Gasteiger partial charge in [-0.05, 0) is 46.5 Å². The summed E-state index contributed by atoms with van der Waals surface area (Å²) in [7, 11) is 4.06. The summed E-state index contributed by atoms with van der Waals surface area (Å²) in [6, 6.07) is 21.6. The van der Waals surface area contributed by atoms with Crippen molar-refractivity contribution < 1.29 is 57.1 Å². The molecule has 0 fully saturated rings. The molecule has 33 heavy (non-hydrogen) atoms. The third kappa shape index (κ3) is 5.89. The first-order chi connectivity index (χ1) is 15.1. The van der Waals surface area contributed by atoms with Crippen LogP contribution in [-0.4, -0.2) is 4.98 Å². The molecule has 0 atom stereocenters. The first-order valence-electron chi connectivity index (χ1n) is 10.5. The van der Waals surface area contributed by atoms with Crippen molar-refractivity contribution in [1.29, 1.82) is 0 Å². The summed E-state index contributed by atoms with van der Waals surface area (Å²) in [5, 5.41) is 2.50. The third-order valence-corrected chi connectivity index (χ3v) is 5.59. The number of aromatic amines is 1. The van der Waals surface area contributed by atoms with Crippen molar-refractivity contribution in [3.63, 3.8) is 0 Å². The summed E-state index contributed by atoms with van der Waals surface area (Å²) < 4.78 is 4.08. The Labute approximate surface area is 228 Å². The fraction of sp³-hybridized carbons (Fsp3) is 0.0714. The van der Waals surface area contributed by atoms with Crippen molar-refractivity contribution in [3.8, 4) is 0 Å². The number of nitrogens with zero attached hydrogens (tertiary/aromatic N) is 2. The number of aryl methyl sites for hydroxylation is 2. The summed E-state index contributed by atoms with van der Waals surface area (Å²) in [5.41, 5.74) is 7.10. The molecule has 3 nitrogen and oxygen atoms in total. The zero-order valence-electron chi connectivity index (χ0n) is 18.5. The average molecular weight is 657 g/mol. The lowest BCUT2D eigenvalue weighted by Crippen LogP contribution is -3.00. The molecule has 0 aliphatic carbocycles. The molecule has 5 heteroatoms. The Morgan fingerprint density at radius 1 is 0.515 bits per heavy atom. The smallest absolute Gasteiger partial charge is 0.169 e. The fourth-order valence-electron chi connectivity index (χ4n) is 3.77. The van der Waals surface area contributed by atoms with Gasteiger partial charge >= 0.3 is 0 Å². The second-order valence-corrected chi connectivity index (χ2v) is 8.00. The van der Waals surface area contributed by atoms with Gasteiger partial charge in [-0.3, -0.25) is 0 Å². The number of aromatic nitrogens is 3. The van der Waals surface area contributed by atoms with Gasteiger partial charge in [0.15, 0.2) is 24.8 Å². The van der Waals surface area contributed by atoms with E-state index in [1.54, 1.807) is 0 Å². The average Bonchev–Trinajstić information content (AvgIpc) is 3.15. The lowest BCUT2D eigenvalue weighted by atomic mass is 10.1. The predicted octanol–water partition coefficient (Wildman–Crippen LogP) is -0.681. The van der Waals surface area contributed by atoms with Crippen molar-refractivity contribution in [2.75, 3.05) is 0 Å². The van der Waals surface area contributed by atoms with Gasteiger partial charge in [-0.25, -0.2) is 9.13 Å². The van der Waals surface area contributed by atoms with Crippen molar-refractivity contribution in [3.05, 3.63) is 108 Å². The van der Waals surface area contributed by atoms with Crippen LogP contribution in [0.1, 0.15) is 22.3 Å². The summed E-state index contributed by atoms with van der Waals surface area (Å²) >= 11 is 0. The van der Waals surface area contributed by atoms with Crippen LogP contribution in [0.2, 0.25) is 0 Å². The molecule has 3 aromatic heterocycles. The largest absolute Gasteiger partial charge is 1.00 e. The first kappa shape index (κ1) is 25.1. The molecule has 5 rings (SSSR count). The summed E-state index contributed by atoms with van der Waals surface area (Å²) in [4.78, 5) is 3.54. The Hall–Kier alpha value is -2.52. The minimum atomic E-state index is 0. The molecule has 0 radical (unpaired) electrons. The van der Waals surface area contributed by atoms with Crippen LogP contribution in [0.4, 0.5) is 0 Å². The molecule has 5 aromatic rings. The Balaban J connectivity index is 0.00000153. The minimum absolute atomic E-state index is 0. The van der Waals surface area contributed by atoms with E-state index >= 15 is 0 Å². The number of rotatable bonds is 4. The van der Waals surface area contributed by atoms with E-state index in [1.165, 1.54) is 33.0 Å². The first-order valence-corrected chi connectivity index (χ1v) is 10.5. The van der Waals surface area contributed by atoms with E-state index in [0.717, 1.165) is 11.0 Å². The molecule has 0 amide bonds. The lowest BCUT2D eigenvalue weighted by molar-refractivity contribution is -0.671. The van der Waals surface area contributed by atoms with Crippen LogP contribution in [-0.2, 0) is 14.1 Å². The van der Waals surface area contributed by atoms with Gasteiger partial charge in [0.1, 0.15) is 14.1 Å². The van der Waals surface area contributed by atoms with E-state index < -0.39 is 0 Å². The molecule has 0 aliphatic heterocycles. The summed E-state index contributed by atoms with van der Waals surface area (Å²) in [6.07, 6.45) is 16.9. The zero-order valence-corrected chi connectivity index (χ0v) is 22.9. The topological polar surface area (TPSA) is 23.5 Å². The van der Waals surface area contributed by atoms with Crippen LogP contribution in [0, 0.1) is 0 Å². The van der Waals surface area contributed by atoms with Crippen LogP contribution in [0.5, 0.6) is 0 Å². The number of H-pyrrole nitrogens is 1. The van der Waals surface area contributed by atoms with Gasteiger partial charge in [-0.1, -0.05) is 36.4 Å². The van der Waals surface area contributed by atoms with Crippen LogP contribution in [0.25, 0.3) is 46.1 Å². The third-order valence-electron chi connectivity index (χ3n) is 5.59. The Morgan fingerprint density at radius 2 is 0.879 bits per heavy atom. The van der Waals surface area contributed by atoms with E-state index in [9.17, 15) is 0 Å². The molecule has 0 bridgehead atoms. The van der Waals surface area contributed by atoms with E-state index in [0.29, 0.717) is 0 Å². The van der Waals surface area contributed by atoms with Crippen molar-refractivity contribution >= 4 is 46.1 Å². The number of benzene rings is 2. The van der Waals surface area contributed by atoms with Gasteiger partial charge in [-0.2, -0.15) is 0 Å². The molecule has 2 aromatic carbocycles. The van der Waals surface area contributed by atoms with E-state index in [2.05, 4.69) is 115 Å². The number of hydrogen-bond donors (Lipinski definition) is 1. The number of hydrogen-bond acceptors (Lipinski definition) is 0. The Bertz CT molecular complexity index is 1320. The number of halogens is 2. The highest BCUT2D eigenvalue weighted by Gasteiger charge is 2.05. The highest BCUT2D eigenvalue weighted by Crippen LogP contribution is 2.28. The fourth-order valence-corrected chi connectivity index (χ4v) is 3.77. The lowest BCUT2D eigenvalue weighted by Gasteiger charge is -1.98. The van der Waals surface area contributed by atoms with Gasteiger partial charge in [0.25, 0.3) is 0 Å². The zero-order chi connectivity index (χ0) is 21.2. The minimum Gasteiger partial charge on any atom is -1.00 e. The number of pyridine rings is 2. The Kier molecular flexibility index (Phi) is 8.42. The van der Waals surface area contributed by atoms with Crippen molar-refractivity contribution in [2.24, 2.45) is 14.1 Å². The molecule has 0 aliphatic rings. The molecular weight excluding hydrogens is 632 g/mol. The molecule has 0 spiro atoms. The highest BCUT2D eigenvalue weighted by molar-refractivity contribution is 6.08. The maximum atomic E-state index is 3.54. The Morgan fingerprint density at radius 3 is 1.27 bits per heavy atom. The molecule has 0 saturated carbocycles. The SMILES string of the molecule is C[n+]1ccc(C=Cc2ccc3[nH]c4ccc(C=Cc5cc[n+](C)cc5)cc4c3c2)cc1.[I-].[I-]. The molecule has 0 saturated heterocycles. The van der Waals surface area contributed by atoms with Crippen LogP contribution >= 0.6 is 0 Å². The van der Waals surface area contributed by atoms with Gasteiger partial charge < -0.3 is 52.9 Å². The molecular formula is C28H25I2N3. The van der Waals surface area contributed by atoms with E-state index in [4.69, 9.17) is 0 Å². The van der Waals surface area contributed by atoms with Crippen molar-refractivity contribution in [1.82, 2.24) is 4.98 Å². The van der Waals surface area contributed by atoms with Crippen LogP contribution in [0.3, 0.4) is 0 Å². The normalized spacial score (nSPS) is 11.2. The summed E-state index contributed by atoms with van der Waals surface area (Å²) in [6.45, 7) is 0. The van der Waals surface area contributed by atoms with E-state index in [-0.39, 0.29) is 48.0 Å². The predicted molar refractivity (Wildman–Crippen MR) is 129 cm³/mol. The second-order valence-electron chi connectivity index (χ2n) is 8.00. The standard InChI is InChI=1S/C28H24N3.2HI/c1-30-15-11-21(12-16-30)3-5-23-7-9-27-25(19-23)26-20-24(8-10-28(26)29-27)6-4-22-13-17-31(2)18-14-22;;/h3-20H,1-2H3;2*1H/q+1;;/p-1. The van der Waals surface area contributed by atoms with Gasteiger partial charge in [-0.15, -0.1) is 0 Å². The van der Waals surface area contributed by atoms with Gasteiger partial charge in [0, 0.05) is 46.1 Å². The molecule has 1 N–H and O–H groups in total. The van der Waals surface area contributed by atoms with Crippen LogP contribution < -0.4 is 57.1 Å². The van der Waals surface area contributed by atoms with Crippen LogP contribution in [0.15, 0.2) is 85.5 Å². The second kappa shape index (κ2) is 11.1. The number of fused-ring (bicyclic) bond motifs is 3. The highest BCUT2D eigenvalue weighted by atomic mass is 127. The monoisotopic (exact) mass is 657 g/mol. The molecule has 3 heterocycles. The van der Waals surface area contributed by atoms with Gasteiger partial charge in [0.05, 0.1) is 0 Å². The van der Waals surface area contributed by atoms with Crippen molar-refractivity contribution in [2.45, 2.75) is 0 Å². The molecule has 166 valence electrons. The van der Waals surface area contributed by atoms with E-state index in [1.807, 2.05) is 23.2 Å².